The predicted octanol–water partition coefficient (Wildman–Crippen LogP) is 4.70. The molecule has 9 heteroatoms. The highest BCUT2D eigenvalue weighted by Crippen LogP contribution is 2.47. The molecule has 1 aromatic heterocycles. The molecule has 1 saturated carbocycles. The molecular weight excluding hydrogens is 482 g/mol. The summed E-state index contributed by atoms with van der Waals surface area (Å²) in [5.41, 5.74) is 2.24. The first-order valence-corrected chi connectivity index (χ1v) is 13.1. The Morgan fingerprint density at radius 2 is 2.11 bits per heavy atom. The van der Waals surface area contributed by atoms with Crippen LogP contribution in [-0.2, 0) is 16.0 Å². The molecule has 1 aliphatic carbocycles. The lowest BCUT2D eigenvalue weighted by Crippen LogP contribution is -2.44. The van der Waals surface area contributed by atoms with Crippen molar-refractivity contribution < 1.29 is 23.8 Å². The number of nitrogens with zero attached hydrogens (tertiary/aromatic N) is 2. The highest BCUT2D eigenvalue weighted by Gasteiger charge is 2.43. The Hall–Kier alpha value is -2.84. The molecule has 1 N–H and O–H groups in total. The minimum Gasteiger partial charge on any atom is -0.490 e. The van der Waals surface area contributed by atoms with Crippen LogP contribution in [0.2, 0.25) is 5.02 Å². The zero-order valence-electron chi connectivity index (χ0n) is 20.5. The van der Waals surface area contributed by atoms with Gasteiger partial charge in [0.1, 0.15) is 24.2 Å². The summed E-state index contributed by atoms with van der Waals surface area (Å²) in [7, 11) is 0. The van der Waals surface area contributed by atoms with Gasteiger partial charge in [0.15, 0.2) is 0 Å². The number of rotatable bonds is 10. The normalized spacial score (nSPS) is 24.7. The van der Waals surface area contributed by atoms with Gasteiger partial charge < -0.3 is 24.4 Å². The molecule has 192 valence electrons. The topological polar surface area (TPSA) is 90.0 Å². The van der Waals surface area contributed by atoms with Gasteiger partial charge in [-0.15, -0.1) is 0 Å². The summed E-state index contributed by atoms with van der Waals surface area (Å²) in [5.74, 6) is 0.626. The maximum atomic E-state index is 12.9. The van der Waals surface area contributed by atoms with Crippen LogP contribution < -0.4 is 10.1 Å². The van der Waals surface area contributed by atoms with Gasteiger partial charge in [0.05, 0.1) is 12.1 Å². The van der Waals surface area contributed by atoms with E-state index in [-0.39, 0.29) is 36.2 Å². The van der Waals surface area contributed by atoms with Gasteiger partial charge in [-0.25, -0.2) is 4.79 Å². The molecule has 0 spiro atoms. The fourth-order valence-electron chi connectivity index (χ4n) is 4.84. The number of fused-ring (bicyclic) bond motifs is 1. The number of ether oxygens (including phenoxy) is 3. The SMILES string of the molecule is CCCCOC1CC1c1cnc(C(=O)NCc2ccc(Cl)cc2)cc1O[C@H]1CCN2C(=O)OC[C@@H]2C1. The third-order valence-electron chi connectivity index (χ3n) is 7.05. The Morgan fingerprint density at radius 1 is 1.28 bits per heavy atom. The van der Waals surface area contributed by atoms with E-state index in [1.807, 2.05) is 12.1 Å². The number of benzene rings is 1. The van der Waals surface area contributed by atoms with Crippen LogP contribution in [0.1, 0.15) is 66.6 Å². The van der Waals surface area contributed by atoms with Crippen molar-refractivity contribution in [1.82, 2.24) is 15.2 Å². The largest absolute Gasteiger partial charge is 0.490 e. The number of nitrogens with one attached hydrogen (secondary N) is 1. The average Bonchev–Trinajstić information content (AvgIpc) is 3.56. The van der Waals surface area contributed by atoms with E-state index < -0.39 is 0 Å². The third kappa shape index (κ3) is 5.76. The number of cyclic esters (lactones) is 1. The second-order valence-corrected chi connectivity index (χ2v) is 10.1. The van der Waals surface area contributed by atoms with Crippen LogP contribution in [0, 0.1) is 0 Å². The Kier molecular flexibility index (Phi) is 7.62. The highest BCUT2D eigenvalue weighted by molar-refractivity contribution is 6.30. The van der Waals surface area contributed by atoms with Crippen molar-refractivity contribution in [3.8, 4) is 5.75 Å². The van der Waals surface area contributed by atoms with Crippen molar-refractivity contribution in [2.45, 2.75) is 69.7 Å². The third-order valence-corrected chi connectivity index (χ3v) is 7.30. The number of carbonyl (C=O) groups is 2. The van der Waals surface area contributed by atoms with E-state index in [4.69, 9.17) is 25.8 Å². The van der Waals surface area contributed by atoms with Crippen LogP contribution in [0.5, 0.6) is 5.75 Å². The molecule has 2 aromatic rings. The van der Waals surface area contributed by atoms with E-state index >= 15 is 0 Å². The molecule has 3 aliphatic rings. The van der Waals surface area contributed by atoms with Crippen molar-refractivity contribution in [2.75, 3.05) is 19.8 Å². The first-order chi connectivity index (χ1) is 17.5. The van der Waals surface area contributed by atoms with Gasteiger partial charge >= 0.3 is 6.09 Å². The highest BCUT2D eigenvalue weighted by atomic mass is 35.5. The lowest BCUT2D eigenvalue weighted by molar-refractivity contribution is 0.0898. The number of unbranched alkanes of at least 4 members (excludes halogenated alkanes) is 1. The lowest BCUT2D eigenvalue weighted by Gasteiger charge is -2.33. The maximum absolute atomic E-state index is 12.9. The molecule has 5 rings (SSSR count). The van der Waals surface area contributed by atoms with Crippen molar-refractivity contribution in [1.29, 1.82) is 0 Å². The summed E-state index contributed by atoms with van der Waals surface area (Å²) in [6.07, 6.45) is 6.09. The molecule has 36 heavy (non-hydrogen) atoms. The zero-order valence-corrected chi connectivity index (χ0v) is 21.2. The van der Waals surface area contributed by atoms with Crippen molar-refractivity contribution in [3.63, 3.8) is 0 Å². The van der Waals surface area contributed by atoms with Crippen LogP contribution in [0.3, 0.4) is 0 Å². The standard InChI is InChI=1S/C27H32ClN3O5/c1-2-3-10-34-24-12-21(24)22-15-29-23(26(32)30-14-17-4-6-18(28)7-5-17)13-25(22)36-20-8-9-31-19(11-20)16-35-27(31)33/h4-7,13,15,19-21,24H,2-3,8-12,14,16H2,1H3,(H,30,32)/t19-,20-,21?,24?/m0/s1. The Labute approximate surface area is 216 Å². The van der Waals surface area contributed by atoms with Crippen LogP contribution in [0.15, 0.2) is 36.5 Å². The van der Waals surface area contributed by atoms with Crippen LogP contribution in [0.25, 0.3) is 0 Å². The quantitative estimate of drug-likeness (QED) is 0.463. The molecule has 1 aromatic carbocycles. The number of amides is 2. The number of aromatic nitrogens is 1. The minimum absolute atomic E-state index is 0.0368. The summed E-state index contributed by atoms with van der Waals surface area (Å²) in [6.45, 7) is 4.28. The minimum atomic E-state index is -0.266. The summed E-state index contributed by atoms with van der Waals surface area (Å²) in [6, 6.07) is 9.13. The second kappa shape index (κ2) is 11.0. The van der Waals surface area contributed by atoms with Gasteiger partial charge in [-0.1, -0.05) is 37.1 Å². The van der Waals surface area contributed by atoms with Crippen molar-refractivity contribution in [3.05, 3.63) is 58.4 Å². The molecule has 2 unspecified atom stereocenters. The van der Waals surface area contributed by atoms with Crippen LogP contribution in [0.4, 0.5) is 4.79 Å². The summed E-state index contributed by atoms with van der Waals surface area (Å²) in [5, 5.41) is 3.58. The van der Waals surface area contributed by atoms with E-state index in [0.29, 0.717) is 49.0 Å². The van der Waals surface area contributed by atoms with Gasteiger partial charge in [-0.2, -0.15) is 0 Å². The molecule has 2 amide bonds. The molecule has 3 fully saturated rings. The number of hydrogen-bond donors (Lipinski definition) is 1. The molecule has 8 nitrogen and oxygen atoms in total. The molecule has 0 radical (unpaired) electrons. The van der Waals surface area contributed by atoms with E-state index in [9.17, 15) is 9.59 Å². The number of pyridine rings is 1. The van der Waals surface area contributed by atoms with Gasteiger partial charge in [0.25, 0.3) is 5.91 Å². The van der Waals surface area contributed by atoms with Gasteiger partial charge in [0, 0.05) is 61.3 Å². The van der Waals surface area contributed by atoms with Crippen molar-refractivity contribution in [2.24, 2.45) is 0 Å². The fourth-order valence-corrected chi connectivity index (χ4v) is 4.97. The van der Waals surface area contributed by atoms with Crippen LogP contribution in [-0.4, -0.2) is 59.9 Å². The zero-order chi connectivity index (χ0) is 25.1. The maximum Gasteiger partial charge on any atom is 0.410 e. The van der Waals surface area contributed by atoms with E-state index in [2.05, 4.69) is 17.2 Å². The molecular formula is C27H32ClN3O5. The van der Waals surface area contributed by atoms with E-state index in [1.165, 1.54) is 0 Å². The van der Waals surface area contributed by atoms with Crippen molar-refractivity contribution >= 4 is 23.6 Å². The number of piperidine rings is 1. The first kappa shape index (κ1) is 24.8. The van der Waals surface area contributed by atoms with E-state index in [1.54, 1.807) is 29.3 Å². The Morgan fingerprint density at radius 3 is 2.92 bits per heavy atom. The fraction of sp³-hybridized carbons (Fsp3) is 0.519. The average molecular weight is 514 g/mol. The molecule has 2 saturated heterocycles. The van der Waals surface area contributed by atoms with Gasteiger partial charge in [0.2, 0.25) is 0 Å². The smallest absolute Gasteiger partial charge is 0.410 e. The Balaban J connectivity index is 1.29. The summed E-state index contributed by atoms with van der Waals surface area (Å²) >= 11 is 5.95. The molecule has 0 bridgehead atoms. The van der Waals surface area contributed by atoms with Gasteiger partial charge in [-0.05, 0) is 30.5 Å². The van der Waals surface area contributed by atoms with E-state index in [0.717, 1.165) is 37.0 Å². The second-order valence-electron chi connectivity index (χ2n) is 9.71. The number of hydrogen-bond acceptors (Lipinski definition) is 6. The molecule has 3 heterocycles. The van der Waals surface area contributed by atoms with Crippen LogP contribution >= 0.6 is 11.6 Å². The molecule has 2 aliphatic heterocycles. The number of carbonyl (C=O) groups excluding carboxylic acids is 2. The summed E-state index contributed by atoms with van der Waals surface area (Å²) in [4.78, 5) is 31.0. The monoisotopic (exact) mass is 513 g/mol. The molecule has 4 atom stereocenters. The Bertz CT molecular complexity index is 1100. The first-order valence-electron chi connectivity index (χ1n) is 12.8. The summed E-state index contributed by atoms with van der Waals surface area (Å²) < 4.78 is 17.7. The van der Waals surface area contributed by atoms with Gasteiger partial charge in [-0.3, -0.25) is 9.78 Å². The number of halogens is 1. The predicted molar refractivity (Wildman–Crippen MR) is 134 cm³/mol. The lowest BCUT2D eigenvalue weighted by atomic mass is 10.0.